The van der Waals surface area contributed by atoms with Crippen molar-refractivity contribution >= 4 is 23.4 Å². The summed E-state index contributed by atoms with van der Waals surface area (Å²) in [7, 11) is 0. The molecule has 1 heterocycles. The van der Waals surface area contributed by atoms with Gasteiger partial charge in [-0.2, -0.15) is 11.8 Å². The third-order valence-corrected chi connectivity index (χ3v) is 3.41. The molecule has 0 saturated carbocycles. The van der Waals surface area contributed by atoms with Gasteiger partial charge in [0.05, 0.1) is 6.04 Å². The molecule has 0 bridgehead atoms. The molecule has 1 unspecified atom stereocenters. The molecule has 3 nitrogen and oxygen atoms in total. The molecule has 1 atom stereocenters. The fourth-order valence-corrected chi connectivity index (χ4v) is 2.43. The molecule has 86 valence electrons. The van der Waals surface area contributed by atoms with E-state index in [0.717, 1.165) is 18.1 Å². The summed E-state index contributed by atoms with van der Waals surface area (Å²) in [5.74, 6) is 1.47. The Morgan fingerprint density at radius 3 is 2.81 bits per heavy atom. The molecule has 16 heavy (non-hydrogen) atoms. The van der Waals surface area contributed by atoms with Gasteiger partial charge in [-0.15, -0.1) is 0 Å². The summed E-state index contributed by atoms with van der Waals surface area (Å²) in [4.78, 5) is 11.8. The summed E-state index contributed by atoms with van der Waals surface area (Å²) in [6.45, 7) is 0.853. The molecule has 2 N–H and O–H groups in total. The average molecular weight is 240 g/mol. The predicted octanol–water partition coefficient (Wildman–Crippen LogP) is 1.47. The number of thioether (sulfide) groups is 1. The maximum Gasteiger partial charge on any atom is 0.242 e. The van der Waals surface area contributed by atoms with Crippen molar-refractivity contribution in [2.45, 2.75) is 6.04 Å². The molecule has 0 spiro atoms. The minimum atomic E-state index is -0.302. The normalized spacial score (nSPS) is 20.4. The Hall–Kier alpha value is -1.07. The summed E-state index contributed by atoms with van der Waals surface area (Å²) >= 11 is 1.76. The fraction of sp³-hybridized carbons (Fsp3) is 0.364. The van der Waals surface area contributed by atoms with Gasteiger partial charge in [-0.3, -0.25) is 4.79 Å². The zero-order chi connectivity index (χ0) is 11.4. The van der Waals surface area contributed by atoms with E-state index in [0.29, 0.717) is 5.69 Å². The third kappa shape index (κ3) is 2.96. The highest BCUT2D eigenvalue weighted by atomic mass is 32.2. The first-order chi connectivity index (χ1) is 7.75. The van der Waals surface area contributed by atoms with Crippen LogP contribution in [0.3, 0.4) is 0 Å². The van der Waals surface area contributed by atoms with Crippen LogP contribution in [-0.4, -0.2) is 30.0 Å². The van der Waals surface area contributed by atoms with E-state index in [2.05, 4.69) is 10.6 Å². The van der Waals surface area contributed by atoms with Gasteiger partial charge < -0.3 is 10.6 Å². The zero-order valence-corrected chi connectivity index (χ0v) is 9.52. The van der Waals surface area contributed by atoms with Gasteiger partial charge in [0.15, 0.2) is 0 Å². The van der Waals surface area contributed by atoms with E-state index < -0.39 is 0 Å². The van der Waals surface area contributed by atoms with Crippen molar-refractivity contribution in [1.29, 1.82) is 0 Å². The smallest absolute Gasteiger partial charge is 0.242 e. The van der Waals surface area contributed by atoms with E-state index in [9.17, 15) is 9.18 Å². The van der Waals surface area contributed by atoms with Crippen LogP contribution in [0.25, 0.3) is 0 Å². The Labute approximate surface area is 97.8 Å². The van der Waals surface area contributed by atoms with Crippen molar-refractivity contribution in [2.75, 3.05) is 23.4 Å². The second-order valence-corrected chi connectivity index (χ2v) is 4.73. The number of amides is 1. The number of hydrogen-bond donors (Lipinski definition) is 2. The molecule has 5 heteroatoms. The number of carbonyl (C=O) groups is 1. The molecule has 1 saturated heterocycles. The van der Waals surface area contributed by atoms with E-state index in [4.69, 9.17) is 0 Å². The van der Waals surface area contributed by atoms with E-state index in [1.807, 2.05) is 0 Å². The van der Waals surface area contributed by atoms with Crippen molar-refractivity contribution in [3.05, 3.63) is 30.1 Å². The number of nitrogens with one attached hydrogen (secondary N) is 2. The third-order valence-electron chi connectivity index (χ3n) is 2.35. The van der Waals surface area contributed by atoms with Crippen LogP contribution in [0.1, 0.15) is 0 Å². The predicted molar refractivity (Wildman–Crippen MR) is 64.1 cm³/mol. The number of carbonyl (C=O) groups excluding carboxylic acids is 1. The molecular formula is C11H13FN2OS. The van der Waals surface area contributed by atoms with Crippen molar-refractivity contribution in [3.63, 3.8) is 0 Å². The summed E-state index contributed by atoms with van der Waals surface area (Å²) in [6, 6.07) is 5.63. The van der Waals surface area contributed by atoms with E-state index in [1.54, 1.807) is 23.9 Å². The monoisotopic (exact) mass is 240 g/mol. The van der Waals surface area contributed by atoms with Gasteiger partial charge in [0, 0.05) is 23.7 Å². The lowest BCUT2D eigenvalue weighted by molar-refractivity contribution is -0.117. The van der Waals surface area contributed by atoms with Crippen molar-refractivity contribution in [2.24, 2.45) is 0 Å². The van der Waals surface area contributed by atoms with Gasteiger partial charge in [-0.25, -0.2) is 4.39 Å². The lowest BCUT2D eigenvalue weighted by Crippen LogP contribution is -2.46. The Morgan fingerprint density at radius 2 is 2.19 bits per heavy atom. The van der Waals surface area contributed by atoms with Gasteiger partial charge in [0.1, 0.15) is 5.82 Å². The number of rotatable bonds is 2. The van der Waals surface area contributed by atoms with Gasteiger partial charge in [-0.1, -0.05) is 0 Å². The van der Waals surface area contributed by atoms with Crippen LogP contribution in [0, 0.1) is 5.82 Å². The Morgan fingerprint density at radius 1 is 1.44 bits per heavy atom. The highest BCUT2D eigenvalue weighted by molar-refractivity contribution is 7.99. The second kappa shape index (κ2) is 5.32. The maximum absolute atomic E-state index is 12.7. The first-order valence-corrected chi connectivity index (χ1v) is 6.29. The fourth-order valence-electron chi connectivity index (χ4n) is 1.50. The number of hydrogen-bond acceptors (Lipinski definition) is 3. The molecule has 1 aromatic carbocycles. The van der Waals surface area contributed by atoms with Crippen LogP contribution in [0.15, 0.2) is 24.3 Å². The minimum absolute atomic E-state index is 0.0567. The molecule has 0 aliphatic carbocycles. The van der Waals surface area contributed by atoms with Crippen LogP contribution in [-0.2, 0) is 4.79 Å². The standard InChI is InChI=1S/C11H13FN2OS/c12-8-1-3-9(4-2-8)14-11(15)10-7-16-6-5-13-10/h1-4,10,13H,5-7H2,(H,14,15). The maximum atomic E-state index is 12.7. The zero-order valence-electron chi connectivity index (χ0n) is 8.70. The first-order valence-electron chi connectivity index (χ1n) is 5.13. The quantitative estimate of drug-likeness (QED) is 0.822. The number of anilines is 1. The highest BCUT2D eigenvalue weighted by Gasteiger charge is 2.20. The highest BCUT2D eigenvalue weighted by Crippen LogP contribution is 2.12. The molecule has 1 fully saturated rings. The van der Waals surface area contributed by atoms with Crippen molar-refractivity contribution in [3.8, 4) is 0 Å². The number of halogens is 1. The molecule has 2 rings (SSSR count). The summed E-state index contributed by atoms with van der Waals surface area (Å²) < 4.78 is 12.7. The molecule has 1 aromatic rings. The minimum Gasteiger partial charge on any atom is -0.325 e. The molecule has 1 aliphatic heterocycles. The van der Waals surface area contributed by atoms with Gasteiger partial charge in [-0.05, 0) is 24.3 Å². The largest absolute Gasteiger partial charge is 0.325 e. The van der Waals surface area contributed by atoms with Crippen LogP contribution < -0.4 is 10.6 Å². The van der Waals surface area contributed by atoms with E-state index >= 15 is 0 Å². The lowest BCUT2D eigenvalue weighted by Gasteiger charge is -2.22. The van der Waals surface area contributed by atoms with Crippen LogP contribution in [0.5, 0.6) is 0 Å². The van der Waals surface area contributed by atoms with Crippen LogP contribution in [0.4, 0.5) is 10.1 Å². The molecule has 1 aliphatic rings. The van der Waals surface area contributed by atoms with Gasteiger partial charge in [0.25, 0.3) is 0 Å². The second-order valence-electron chi connectivity index (χ2n) is 3.58. The average Bonchev–Trinajstić information content (AvgIpc) is 2.33. The van der Waals surface area contributed by atoms with Gasteiger partial charge in [0.2, 0.25) is 5.91 Å². The Balaban J connectivity index is 1.93. The van der Waals surface area contributed by atoms with E-state index in [-0.39, 0.29) is 17.8 Å². The molecule has 1 amide bonds. The Bertz CT molecular complexity index is 363. The number of benzene rings is 1. The lowest BCUT2D eigenvalue weighted by atomic mass is 10.2. The van der Waals surface area contributed by atoms with Crippen LogP contribution >= 0.6 is 11.8 Å². The van der Waals surface area contributed by atoms with Gasteiger partial charge >= 0.3 is 0 Å². The van der Waals surface area contributed by atoms with Crippen LogP contribution in [0.2, 0.25) is 0 Å². The van der Waals surface area contributed by atoms with Crippen molar-refractivity contribution < 1.29 is 9.18 Å². The SMILES string of the molecule is O=C(Nc1ccc(F)cc1)C1CSCCN1. The summed E-state index contributed by atoms with van der Waals surface area (Å²) in [6.07, 6.45) is 0. The van der Waals surface area contributed by atoms with Crippen molar-refractivity contribution in [1.82, 2.24) is 5.32 Å². The first kappa shape index (κ1) is 11.4. The van der Waals surface area contributed by atoms with E-state index in [1.165, 1.54) is 12.1 Å². The molecule has 0 aromatic heterocycles. The summed E-state index contributed by atoms with van der Waals surface area (Å²) in [5.41, 5.74) is 0.628. The molecule has 0 radical (unpaired) electrons. The summed E-state index contributed by atoms with van der Waals surface area (Å²) in [5, 5.41) is 5.90. The molecular weight excluding hydrogens is 227 g/mol. The Kier molecular flexibility index (Phi) is 3.79. The topological polar surface area (TPSA) is 41.1 Å².